The number of anilines is 1. The molecule has 0 aliphatic carbocycles. The topological polar surface area (TPSA) is 76.1 Å². The molecule has 0 fully saturated rings. The molecule has 3 aromatic rings. The number of fused-ring (bicyclic) bond motifs is 1. The lowest BCUT2D eigenvalue weighted by atomic mass is 10.3. The van der Waals surface area contributed by atoms with Crippen molar-refractivity contribution in [2.24, 2.45) is 0 Å². The van der Waals surface area contributed by atoms with Gasteiger partial charge < -0.3 is 5.32 Å². The van der Waals surface area contributed by atoms with E-state index in [1.165, 1.54) is 41.3 Å². The fourth-order valence-corrected chi connectivity index (χ4v) is 5.05. The monoisotopic (exact) mass is 428 g/mol. The molecule has 0 saturated carbocycles. The van der Waals surface area contributed by atoms with Crippen molar-refractivity contribution in [3.8, 4) is 0 Å². The van der Waals surface area contributed by atoms with Crippen LogP contribution in [0.3, 0.4) is 0 Å². The number of halogens is 2. The minimum atomic E-state index is -4.79. The Balaban J connectivity index is 1.61. The number of thioether (sulfide) groups is 1. The molecule has 5 nitrogen and oxygen atoms in total. The Labute approximate surface area is 162 Å². The van der Waals surface area contributed by atoms with Crippen LogP contribution in [-0.4, -0.2) is 30.8 Å². The van der Waals surface area contributed by atoms with Gasteiger partial charge in [0, 0.05) is 5.75 Å². The Morgan fingerprint density at radius 2 is 1.85 bits per heavy atom. The molecule has 0 unspecified atom stereocenters. The van der Waals surface area contributed by atoms with Gasteiger partial charge in [-0.15, -0.1) is 23.1 Å². The summed E-state index contributed by atoms with van der Waals surface area (Å²) in [6, 6.07) is 12.8. The molecule has 0 saturated heterocycles. The molecule has 1 aromatic heterocycles. The van der Waals surface area contributed by atoms with Crippen molar-refractivity contribution in [3.05, 3.63) is 53.5 Å². The Morgan fingerprint density at radius 3 is 2.59 bits per heavy atom. The number of carbonyl (C=O) groups is 1. The minimum Gasteiger partial charge on any atom is -0.324 e. The number of carbonyl (C=O) groups excluding carboxylic acids is 1. The number of sulfone groups is 1. The average Bonchev–Trinajstić information content (AvgIpc) is 3.04. The van der Waals surface area contributed by atoms with E-state index in [1.807, 2.05) is 24.3 Å². The van der Waals surface area contributed by atoms with Gasteiger partial charge in [0.25, 0.3) is 0 Å². The molecular weight excluding hydrogens is 414 g/mol. The molecule has 0 atom stereocenters. The number of thiazole rings is 1. The summed E-state index contributed by atoms with van der Waals surface area (Å²) in [6.07, 6.45) is 0. The molecular formula is C17H14F2N2O3S3. The highest BCUT2D eigenvalue weighted by molar-refractivity contribution is 7.99. The van der Waals surface area contributed by atoms with Crippen molar-refractivity contribution in [1.29, 1.82) is 0 Å². The van der Waals surface area contributed by atoms with Crippen molar-refractivity contribution in [1.82, 2.24) is 4.98 Å². The fraction of sp³-hybridized carbons (Fsp3) is 0.176. The SMILES string of the molecule is O=C(CSCc1nc2ccccc2s1)Nc1ccccc1S(=O)(=O)C(F)F. The van der Waals surface area contributed by atoms with E-state index in [9.17, 15) is 22.0 Å². The van der Waals surface area contributed by atoms with Gasteiger partial charge in [-0.2, -0.15) is 8.78 Å². The van der Waals surface area contributed by atoms with Crippen LogP contribution < -0.4 is 5.32 Å². The van der Waals surface area contributed by atoms with Crippen LogP contribution in [-0.2, 0) is 20.4 Å². The zero-order valence-corrected chi connectivity index (χ0v) is 16.2. The molecule has 142 valence electrons. The van der Waals surface area contributed by atoms with E-state index in [1.54, 1.807) is 0 Å². The number of benzene rings is 2. The smallest absolute Gasteiger partial charge is 0.324 e. The molecule has 1 amide bonds. The lowest BCUT2D eigenvalue weighted by molar-refractivity contribution is -0.113. The third kappa shape index (κ3) is 4.63. The van der Waals surface area contributed by atoms with E-state index in [2.05, 4.69) is 10.3 Å². The first-order valence-corrected chi connectivity index (χ1v) is 11.2. The summed E-state index contributed by atoms with van der Waals surface area (Å²) in [5, 5.41) is 3.27. The molecule has 0 bridgehead atoms. The van der Waals surface area contributed by atoms with E-state index in [0.29, 0.717) is 5.75 Å². The highest BCUT2D eigenvalue weighted by Crippen LogP contribution is 2.27. The van der Waals surface area contributed by atoms with Crippen molar-refractivity contribution >= 4 is 54.7 Å². The molecule has 10 heteroatoms. The van der Waals surface area contributed by atoms with Gasteiger partial charge in [0.05, 0.1) is 26.6 Å². The van der Waals surface area contributed by atoms with Gasteiger partial charge in [0.2, 0.25) is 15.7 Å². The highest BCUT2D eigenvalue weighted by atomic mass is 32.2. The van der Waals surface area contributed by atoms with Gasteiger partial charge in [0.1, 0.15) is 5.01 Å². The predicted octanol–water partition coefficient (Wildman–Crippen LogP) is 4.16. The van der Waals surface area contributed by atoms with Gasteiger partial charge in [0.15, 0.2) is 0 Å². The summed E-state index contributed by atoms with van der Waals surface area (Å²) >= 11 is 2.84. The fourth-order valence-electron chi connectivity index (χ4n) is 2.31. The van der Waals surface area contributed by atoms with Crippen LogP contribution in [0.5, 0.6) is 0 Å². The van der Waals surface area contributed by atoms with Crippen molar-refractivity contribution in [2.75, 3.05) is 11.1 Å². The molecule has 0 radical (unpaired) electrons. The normalized spacial score (nSPS) is 11.8. The van der Waals surface area contributed by atoms with Crippen LogP contribution in [0.25, 0.3) is 10.2 Å². The lowest BCUT2D eigenvalue weighted by Crippen LogP contribution is -2.19. The number of hydrogen-bond acceptors (Lipinski definition) is 6. The second-order valence-corrected chi connectivity index (χ2v) is 9.41. The second kappa shape index (κ2) is 8.32. The van der Waals surface area contributed by atoms with Crippen LogP contribution in [0.15, 0.2) is 53.4 Å². The molecule has 27 heavy (non-hydrogen) atoms. The largest absolute Gasteiger partial charge is 0.341 e. The van der Waals surface area contributed by atoms with E-state index >= 15 is 0 Å². The summed E-state index contributed by atoms with van der Waals surface area (Å²) in [6.45, 7) is 0. The van der Waals surface area contributed by atoms with Gasteiger partial charge >= 0.3 is 5.76 Å². The molecule has 2 aromatic carbocycles. The summed E-state index contributed by atoms with van der Waals surface area (Å²) < 4.78 is 50.0. The maximum absolute atomic E-state index is 12.8. The van der Waals surface area contributed by atoms with Crippen molar-refractivity contribution in [3.63, 3.8) is 0 Å². The van der Waals surface area contributed by atoms with Gasteiger partial charge in [-0.25, -0.2) is 13.4 Å². The molecule has 3 rings (SSSR count). The zero-order chi connectivity index (χ0) is 19.4. The summed E-state index contributed by atoms with van der Waals surface area (Å²) in [5.41, 5.74) is 0.747. The summed E-state index contributed by atoms with van der Waals surface area (Å²) in [4.78, 5) is 16.0. The standard InChI is InChI=1S/C17H14F2N2O3S3/c18-17(19)27(23,24)14-8-4-2-6-12(14)20-15(22)9-25-10-16-21-11-5-1-3-7-13(11)26-16/h1-8,17H,9-10H2,(H,20,22). The first-order chi connectivity index (χ1) is 12.9. The third-order valence-corrected chi connectivity index (χ3v) is 7.10. The van der Waals surface area contributed by atoms with Crippen LogP contribution >= 0.6 is 23.1 Å². The molecule has 0 aliphatic rings. The Kier molecular flexibility index (Phi) is 6.08. The maximum atomic E-state index is 12.8. The van der Waals surface area contributed by atoms with E-state index < -0.39 is 26.4 Å². The summed E-state index contributed by atoms with van der Waals surface area (Å²) in [5.74, 6) is -3.47. The third-order valence-electron chi connectivity index (χ3n) is 3.50. The van der Waals surface area contributed by atoms with Crippen molar-refractivity contribution < 1.29 is 22.0 Å². The minimum absolute atomic E-state index is 0.0407. The first-order valence-electron chi connectivity index (χ1n) is 7.71. The molecule has 1 heterocycles. The van der Waals surface area contributed by atoms with E-state index in [0.717, 1.165) is 21.3 Å². The zero-order valence-electron chi connectivity index (χ0n) is 13.8. The van der Waals surface area contributed by atoms with Gasteiger partial charge in [-0.05, 0) is 24.3 Å². The number of amides is 1. The number of nitrogens with zero attached hydrogens (tertiary/aromatic N) is 1. The van der Waals surface area contributed by atoms with Gasteiger partial charge in [-0.3, -0.25) is 4.79 Å². The quantitative estimate of drug-likeness (QED) is 0.611. The van der Waals surface area contributed by atoms with Gasteiger partial charge in [-0.1, -0.05) is 24.3 Å². The highest BCUT2D eigenvalue weighted by Gasteiger charge is 2.29. The second-order valence-electron chi connectivity index (χ2n) is 5.42. The number of hydrogen-bond donors (Lipinski definition) is 1. The summed E-state index contributed by atoms with van der Waals surface area (Å²) in [7, 11) is -4.79. The molecule has 0 spiro atoms. The maximum Gasteiger partial charge on any atom is 0.341 e. The van der Waals surface area contributed by atoms with E-state index in [-0.39, 0.29) is 11.4 Å². The Hall–Kier alpha value is -2.04. The van der Waals surface area contributed by atoms with Crippen molar-refractivity contribution in [2.45, 2.75) is 16.4 Å². The van der Waals surface area contributed by atoms with Crippen LogP contribution in [0.1, 0.15) is 5.01 Å². The Bertz CT molecular complexity index is 1030. The van der Waals surface area contributed by atoms with Crippen LogP contribution in [0.2, 0.25) is 0 Å². The number of alkyl halides is 2. The molecule has 1 N–H and O–H groups in total. The Morgan fingerprint density at radius 1 is 1.15 bits per heavy atom. The number of aromatic nitrogens is 1. The lowest BCUT2D eigenvalue weighted by Gasteiger charge is -2.11. The first kappa shape index (κ1) is 19.7. The molecule has 0 aliphatic heterocycles. The number of para-hydroxylation sites is 2. The number of nitrogens with one attached hydrogen (secondary N) is 1. The predicted molar refractivity (Wildman–Crippen MR) is 104 cm³/mol. The number of rotatable bonds is 7. The average molecular weight is 429 g/mol. The van der Waals surface area contributed by atoms with Crippen LogP contribution in [0.4, 0.5) is 14.5 Å². The van der Waals surface area contributed by atoms with E-state index in [4.69, 9.17) is 0 Å². The van der Waals surface area contributed by atoms with Crippen LogP contribution in [0, 0.1) is 0 Å².